The first-order chi connectivity index (χ1) is 11.1. The van der Waals surface area contributed by atoms with Crippen LogP contribution in [0.5, 0.6) is 0 Å². The van der Waals surface area contributed by atoms with E-state index in [9.17, 15) is 4.39 Å². The third-order valence-electron chi connectivity index (χ3n) is 4.62. The van der Waals surface area contributed by atoms with E-state index < -0.39 is 0 Å². The maximum absolute atomic E-state index is 13.5. The summed E-state index contributed by atoms with van der Waals surface area (Å²) in [7, 11) is 3.95. The van der Waals surface area contributed by atoms with Gasteiger partial charge in [0.15, 0.2) is 5.96 Å². The number of nitrogens with one attached hydrogen (secondary N) is 2. The molecule has 1 aliphatic rings. The van der Waals surface area contributed by atoms with E-state index in [2.05, 4.69) is 27.6 Å². The van der Waals surface area contributed by atoms with Gasteiger partial charge in [-0.05, 0) is 44.0 Å². The van der Waals surface area contributed by atoms with Gasteiger partial charge in [0.05, 0.1) is 0 Å². The average Bonchev–Trinajstić information content (AvgIpc) is 3.08. The molecule has 1 saturated carbocycles. The van der Waals surface area contributed by atoms with Crippen molar-refractivity contribution in [1.82, 2.24) is 15.5 Å². The number of rotatable bonds is 6. The number of aryl methyl sites for hydroxylation is 1. The lowest BCUT2D eigenvalue weighted by atomic mass is 10.1. The van der Waals surface area contributed by atoms with E-state index in [1.165, 1.54) is 25.7 Å². The molecule has 0 aliphatic heterocycles. The fraction of sp³-hybridized carbons (Fsp3) is 0.611. The van der Waals surface area contributed by atoms with Crippen LogP contribution in [0.3, 0.4) is 0 Å². The van der Waals surface area contributed by atoms with Crippen LogP contribution in [0.4, 0.5) is 4.39 Å². The smallest absolute Gasteiger partial charge is 0.191 e. The predicted molar refractivity (Wildman–Crippen MR) is 110 cm³/mol. The lowest BCUT2D eigenvalue weighted by molar-refractivity contribution is 0.249. The molecule has 1 fully saturated rings. The van der Waals surface area contributed by atoms with Crippen molar-refractivity contribution < 1.29 is 4.39 Å². The van der Waals surface area contributed by atoms with Crippen molar-refractivity contribution in [3.63, 3.8) is 0 Å². The molecular weight excluding hydrogens is 418 g/mol. The molecule has 0 unspecified atom stereocenters. The topological polar surface area (TPSA) is 39.7 Å². The van der Waals surface area contributed by atoms with Crippen LogP contribution in [0.15, 0.2) is 23.2 Å². The molecule has 2 N–H and O–H groups in total. The summed E-state index contributed by atoms with van der Waals surface area (Å²) in [5.41, 5.74) is 1.59. The average molecular weight is 448 g/mol. The van der Waals surface area contributed by atoms with Crippen LogP contribution in [0, 0.1) is 12.7 Å². The fourth-order valence-electron chi connectivity index (χ4n) is 3.03. The SMILES string of the molecule is CN=C(NCCN(C)C1CCCC1)NCc1ccc(C)c(F)c1.I. The van der Waals surface area contributed by atoms with Crippen molar-refractivity contribution in [2.24, 2.45) is 4.99 Å². The molecule has 0 spiro atoms. The van der Waals surface area contributed by atoms with Crippen molar-refractivity contribution in [2.45, 2.75) is 45.2 Å². The highest BCUT2D eigenvalue weighted by molar-refractivity contribution is 14.0. The second-order valence-corrected chi connectivity index (χ2v) is 6.35. The summed E-state index contributed by atoms with van der Waals surface area (Å²) in [5, 5.41) is 6.55. The Morgan fingerprint density at radius 1 is 1.29 bits per heavy atom. The Kier molecular flexibility index (Phi) is 9.58. The van der Waals surface area contributed by atoms with Gasteiger partial charge in [0, 0.05) is 32.7 Å². The summed E-state index contributed by atoms with van der Waals surface area (Å²) in [6.45, 7) is 4.20. The van der Waals surface area contributed by atoms with Gasteiger partial charge in [-0.2, -0.15) is 0 Å². The van der Waals surface area contributed by atoms with E-state index in [1.807, 2.05) is 6.07 Å². The van der Waals surface area contributed by atoms with Crippen LogP contribution in [-0.4, -0.2) is 44.1 Å². The van der Waals surface area contributed by atoms with Crippen LogP contribution in [-0.2, 0) is 6.54 Å². The Hall–Kier alpha value is -0.890. The molecule has 0 amide bonds. The number of guanidine groups is 1. The van der Waals surface area contributed by atoms with Crippen LogP contribution < -0.4 is 10.6 Å². The van der Waals surface area contributed by atoms with E-state index in [1.54, 1.807) is 26.1 Å². The first-order valence-electron chi connectivity index (χ1n) is 8.50. The van der Waals surface area contributed by atoms with Crippen LogP contribution in [0.2, 0.25) is 0 Å². The summed E-state index contributed by atoms with van der Waals surface area (Å²) in [4.78, 5) is 6.65. The minimum atomic E-state index is -0.162. The van der Waals surface area contributed by atoms with Crippen LogP contribution in [0.25, 0.3) is 0 Å². The Morgan fingerprint density at radius 2 is 2.00 bits per heavy atom. The minimum Gasteiger partial charge on any atom is -0.355 e. The van der Waals surface area contributed by atoms with Crippen molar-refractivity contribution in [2.75, 3.05) is 27.2 Å². The highest BCUT2D eigenvalue weighted by atomic mass is 127. The third-order valence-corrected chi connectivity index (χ3v) is 4.62. The Labute approximate surface area is 162 Å². The second-order valence-electron chi connectivity index (χ2n) is 6.35. The van der Waals surface area contributed by atoms with E-state index >= 15 is 0 Å². The molecule has 0 bridgehead atoms. The van der Waals surface area contributed by atoms with Gasteiger partial charge in [0.1, 0.15) is 5.82 Å². The summed E-state index contributed by atoms with van der Waals surface area (Å²) in [6.07, 6.45) is 5.36. The van der Waals surface area contributed by atoms with Crippen molar-refractivity contribution in [3.05, 3.63) is 35.1 Å². The molecule has 4 nitrogen and oxygen atoms in total. The molecule has 0 radical (unpaired) electrons. The molecule has 6 heteroatoms. The quantitative estimate of drug-likeness (QED) is 0.399. The molecule has 2 rings (SSSR count). The highest BCUT2D eigenvalue weighted by Crippen LogP contribution is 2.21. The predicted octanol–water partition coefficient (Wildman–Crippen LogP) is 3.29. The first-order valence-corrected chi connectivity index (χ1v) is 8.50. The van der Waals surface area contributed by atoms with Gasteiger partial charge in [0.2, 0.25) is 0 Å². The van der Waals surface area contributed by atoms with Crippen LogP contribution in [0.1, 0.15) is 36.8 Å². The molecule has 24 heavy (non-hydrogen) atoms. The number of hydrogen-bond acceptors (Lipinski definition) is 2. The zero-order valence-electron chi connectivity index (χ0n) is 14.9. The highest BCUT2D eigenvalue weighted by Gasteiger charge is 2.18. The van der Waals surface area contributed by atoms with Crippen LogP contribution >= 0.6 is 24.0 Å². The number of nitrogens with zero attached hydrogens (tertiary/aromatic N) is 2. The molecule has 136 valence electrons. The van der Waals surface area contributed by atoms with Gasteiger partial charge in [-0.3, -0.25) is 4.99 Å². The molecule has 1 aliphatic carbocycles. The first kappa shape index (κ1) is 21.2. The van der Waals surface area contributed by atoms with E-state index in [0.717, 1.165) is 30.7 Å². The lowest BCUT2D eigenvalue weighted by Crippen LogP contribution is -2.42. The molecule has 0 saturated heterocycles. The maximum Gasteiger partial charge on any atom is 0.191 e. The van der Waals surface area contributed by atoms with E-state index in [4.69, 9.17) is 0 Å². The molecule has 1 aromatic rings. The summed E-state index contributed by atoms with van der Waals surface area (Å²) in [5.74, 6) is 0.594. The zero-order chi connectivity index (χ0) is 16.7. The van der Waals surface area contributed by atoms with Gasteiger partial charge >= 0.3 is 0 Å². The van der Waals surface area contributed by atoms with Crippen molar-refractivity contribution in [1.29, 1.82) is 0 Å². The number of benzene rings is 1. The number of likely N-dealkylation sites (N-methyl/N-ethyl adjacent to an activating group) is 1. The maximum atomic E-state index is 13.5. The third kappa shape index (κ3) is 6.55. The monoisotopic (exact) mass is 448 g/mol. The van der Waals surface area contributed by atoms with Crippen molar-refractivity contribution in [3.8, 4) is 0 Å². The number of halogens is 2. The summed E-state index contributed by atoms with van der Waals surface area (Å²) in [6, 6.07) is 6.05. The Bertz CT molecular complexity index is 530. The standard InChI is InChI=1S/C18H29FN4.HI/c1-14-8-9-15(12-17(14)19)13-22-18(20-2)21-10-11-23(3)16-6-4-5-7-16;/h8-9,12,16H,4-7,10-11,13H2,1-3H3,(H2,20,21,22);1H. The van der Waals surface area contributed by atoms with Gasteiger partial charge in [-0.25, -0.2) is 4.39 Å². The second kappa shape index (κ2) is 10.9. The number of aliphatic imine (C=N–C) groups is 1. The van der Waals surface area contributed by atoms with Gasteiger partial charge in [-0.15, -0.1) is 24.0 Å². The molecule has 0 aromatic heterocycles. The fourth-order valence-corrected chi connectivity index (χ4v) is 3.03. The minimum absolute atomic E-state index is 0. The Morgan fingerprint density at radius 3 is 2.62 bits per heavy atom. The van der Waals surface area contributed by atoms with E-state index in [-0.39, 0.29) is 29.8 Å². The van der Waals surface area contributed by atoms with Gasteiger partial charge in [-0.1, -0.05) is 25.0 Å². The molecule has 1 aromatic carbocycles. The van der Waals surface area contributed by atoms with Crippen molar-refractivity contribution >= 4 is 29.9 Å². The molecular formula is C18H30FIN4. The zero-order valence-corrected chi connectivity index (χ0v) is 17.3. The lowest BCUT2D eigenvalue weighted by Gasteiger charge is -2.24. The molecule has 0 heterocycles. The van der Waals surface area contributed by atoms with Gasteiger partial charge < -0.3 is 15.5 Å². The normalized spacial score (nSPS) is 15.5. The molecule has 0 atom stereocenters. The Balaban J connectivity index is 0.00000288. The summed E-state index contributed by atoms with van der Waals surface area (Å²) < 4.78 is 13.5. The summed E-state index contributed by atoms with van der Waals surface area (Å²) >= 11 is 0. The number of hydrogen-bond donors (Lipinski definition) is 2. The largest absolute Gasteiger partial charge is 0.355 e. The van der Waals surface area contributed by atoms with E-state index in [0.29, 0.717) is 12.1 Å². The van der Waals surface area contributed by atoms with Gasteiger partial charge in [0.25, 0.3) is 0 Å².